The van der Waals surface area contributed by atoms with Crippen molar-refractivity contribution < 1.29 is 23.1 Å². The summed E-state index contributed by atoms with van der Waals surface area (Å²) in [6.07, 6.45) is -0.662. The molecule has 0 radical (unpaired) electrons. The molecule has 0 aromatic heterocycles. The average molecular weight is 409 g/mol. The maximum atomic E-state index is 13.5. The Bertz CT molecular complexity index is 1050. The van der Waals surface area contributed by atoms with Crippen molar-refractivity contribution >= 4 is 44.9 Å². The predicted octanol–water partition coefficient (Wildman–Crippen LogP) is 2.95. The second kappa shape index (κ2) is 6.86. The van der Waals surface area contributed by atoms with Crippen molar-refractivity contribution in [3.63, 3.8) is 0 Å². The van der Waals surface area contributed by atoms with E-state index in [9.17, 15) is 23.1 Å². The number of halogens is 1. The summed E-state index contributed by atoms with van der Waals surface area (Å²) in [5.74, 6) is -1.97. The lowest BCUT2D eigenvalue weighted by Crippen LogP contribution is -2.52. The lowest BCUT2D eigenvalue weighted by molar-refractivity contribution is -0.138. The lowest BCUT2D eigenvalue weighted by atomic mass is 10.1. The molecule has 1 atom stereocenters. The SMILES string of the molecule is Cc1c(Cl)ccc(S(=O)(=O)N2c3ccccc3NC(=O)C2CC(=O)O)c1C. The Morgan fingerprint density at radius 3 is 2.52 bits per heavy atom. The van der Waals surface area contributed by atoms with E-state index in [0.717, 1.165) is 4.31 Å². The van der Waals surface area contributed by atoms with Crippen LogP contribution < -0.4 is 9.62 Å². The summed E-state index contributed by atoms with van der Waals surface area (Å²) in [5, 5.41) is 12.2. The van der Waals surface area contributed by atoms with E-state index in [4.69, 9.17) is 11.6 Å². The van der Waals surface area contributed by atoms with Crippen LogP contribution in [0.5, 0.6) is 0 Å². The third-order valence-corrected chi connectivity index (χ3v) is 6.94. The van der Waals surface area contributed by atoms with Crippen LogP contribution in [0.1, 0.15) is 17.5 Å². The van der Waals surface area contributed by atoms with Gasteiger partial charge in [0.1, 0.15) is 6.04 Å². The Morgan fingerprint density at radius 2 is 1.85 bits per heavy atom. The minimum absolute atomic E-state index is 0.0238. The highest BCUT2D eigenvalue weighted by molar-refractivity contribution is 7.93. The normalized spacial score (nSPS) is 16.6. The topological polar surface area (TPSA) is 104 Å². The summed E-state index contributed by atoms with van der Waals surface area (Å²) >= 11 is 6.07. The molecular weight excluding hydrogens is 392 g/mol. The van der Waals surface area contributed by atoms with Crippen LogP contribution in [0.25, 0.3) is 0 Å². The Kier molecular flexibility index (Phi) is 4.88. The molecule has 1 heterocycles. The number of rotatable bonds is 4. The maximum absolute atomic E-state index is 13.5. The van der Waals surface area contributed by atoms with Gasteiger partial charge in [-0.2, -0.15) is 0 Å². The molecule has 142 valence electrons. The molecule has 2 aromatic carbocycles. The number of hydrogen-bond donors (Lipinski definition) is 2. The third kappa shape index (κ3) is 3.26. The van der Waals surface area contributed by atoms with Crippen LogP contribution in [0.4, 0.5) is 11.4 Å². The van der Waals surface area contributed by atoms with Crippen molar-refractivity contribution in [3.8, 4) is 0 Å². The monoisotopic (exact) mass is 408 g/mol. The number of benzene rings is 2. The number of carbonyl (C=O) groups is 2. The molecule has 0 bridgehead atoms. The van der Waals surface area contributed by atoms with Crippen molar-refractivity contribution in [1.82, 2.24) is 0 Å². The largest absolute Gasteiger partial charge is 0.481 e. The number of sulfonamides is 1. The molecule has 0 spiro atoms. The molecule has 3 rings (SSSR count). The number of amides is 1. The number of nitrogens with one attached hydrogen (secondary N) is 1. The average Bonchev–Trinajstić information content (AvgIpc) is 2.59. The van der Waals surface area contributed by atoms with E-state index in [1.54, 1.807) is 32.0 Å². The molecule has 0 saturated heterocycles. The fraction of sp³-hybridized carbons (Fsp3) is 0.222. The highest BCUT2D eigenvalue weighted by Crippen LogP contribution is 2.38. The first-order valence-corrected chi connectivity index (χ1v) is 9.88. The fourth-order valence-corrected chi connectivity index (χ4v) is 5.17. The fourth-order valence-electron chi connectivity index (χ4n) is 3.05. The van der Waals surface area contributed by atoms with Crippen molar-refractivity contribution in [2.45, 2.75) is 31.2 Å². The zero-order valence-electron chi connectivity index (χ0n) is 14.6. The van der Waals surface area contributed by atoms with Gasteiger partial charge in [-0.05, 0) is 49.2 Å². The summed E-state index contributed by atoms with van der Waals surface area (Å²) < 4.78 is 27.9. The van der Waals surface area contributed by atoms with E-state index in [1.165, 1.54) is 18.2 Å². The third-order valence-electron chi connectivity index (χ3n) is 4.56. The van der Waals surface area contributed by atoms with Gasteiger partial charge in [-0.15, -0.1) is 0 Å². The number of hydrogen-bond acceptors (Lipinski definition) is 4. The van der Waals surface area contributed by atoms with E-state index >= 15 is 0 Å². The van der Waals surface area contributed by atoms with Gasteiger partial charge in [0.2, 0.25) is 5.91 Å². The van der Waals surface area contributed by atoms with E-state index in [1.807, 2.05) is 0 Å². The molecule has 1 amide bonds. The van der Waals surface area contributed by atoms with Crippen molar-refractivity contribution in [3.05, 3.63) is 52.5 Å². The number of carbonyl (C=O) groups excluding carboxylic acids is 1. The molecule has 9 heteroatoms. The van der Waals surface area contributed by atoms with Crippen molar-refractivity contribution in [2.75, 3.05) is 9.62 Å². The van der Waals surface area contributed by atoms with Crippen LogP contribution in [0, 0.1) is 13.8 Å². The Hall–Kier alpha value is -2.58. The van der Waals surface area contributed by atoms with Gasteiger partial charge < -0.3 is 10.4 Å². The van der Waals surface area contributed by atoms with Gasteiger partial charge in [0, 0.05) is 5.02 Å². The highest BCUT2D eigenvalue weighted by Gasteiger charge is 2.42. The van der Waals surface area contributed by atoms with Crippen molar-refractivity contribution in [2.24, 2.45) is 0 Å². The van der Waals surface area contributed by atoms with Crippen LogP contribution in [0.3, 0.4) is 0 Å². The smallest absolute Gasteiger partial charge is 0.306 e. The van der Waals surface area contributed by atoms with E-state index in [2.05, 4.69) is 5.32 Å². The van der Waals surface area contributed by atoms with Gasteiger partial charge in [0.15, 0.2) is 0 Å². The van der Waals surface area contributed by atoms with Crippen LogP contribution in [0.2, 0.25) is 5.02 Å². The highest BCUT2D eigenvalue weighted by atomic mass is 35.5. The minimum Gasteiger partial charge on any atom is -0.481 e. The first-order chi connectivity index (χ1) is 12.6. The van der Waals surface area contributed by atoms with E-state index < -0.39 is 34.4 Å². The zero-order valence-corrected chi connectivity index (χ0v) is 16.1. The second-order valence-corrected chi connectivity index (χ2v) is 8.41. The first-order valence-electron chi connectivity index (χ1n) is 8.06. The Balaban J connectivity index is 2.25. The lowest BCUT2D eigenvalue weighted by Gasteiger charge is -2.36. The second-order valence-electron chi connectivity index (χ2n) is 6.22. The molecule has 2 aromatic rings. The number of nitrogens with zero attached hydrogens (tertiary/aromatic N) is 1. The van der Waals surface area contributed by atoms with E-state index in [0.29, 0.717) is 21.8 Å². The van der Waals surface area contributed by atoms with Gasteiger partial charge in [0.05, 0.1) is 22.7 Å². The number of carboxylic acids is 1. The van der Waals surface area contributed by atoms with Crippen LogP contribution >= 0.6 is 11.6 Å². The number of carboxylic acid groups (broad SMARTS) is 1. The van der Waals surface area contributed by atoms with Crippen LogP contribution in [-0.2, 0) is 19.6 Å². The van der Waals surface area contributed by atoms with Gasteiger partial charge in [-0.3, -0.25) is 13.9 Å². The van der Waals surface area contributed by atoms with Gasteiger partial charge in [-0.1, -0.05) is 23.7 Å². The molecule has 0 saturated carbocycles. The summed E-state index contributed by atoms with van der Waals surface area (Å²) in [5.41, 5.74) is 1.56. The summed E-state index contributed by atoms with van der Waals surface area (Å²) in [6.45, 7) is 3.32. The molecule has 0 fully saturated rings. The predicted molar refractivity (Wildman–Crippen MR) is 102 cm³/mol. The van der Waals surface area contributed by atoms with E-state index in [-0.39, 0.29) is 10.6 Å². The van der Waals surface area contributed by atoms with Gasteiger partial charge in [0.25, 0.3) is 10.0 Å². The first kappa shape index (κ1) is 19.2. The molecule has 2 N–H and O–H groups in total. The number of anilines is 2. The minimum atomic E-state index is -4.22. The quantitative estimate of drug-likeness (QED) is 0.809. The standard InChI is InChI=1S/C18H17ClN2O5S/c1-10-11(2)16(8-7-12(10)19)27(25,26)21-14-6-4-3-5-13(14)20-18(24)15(21)9-17(22)23/h3-8,15H,9H2,1-2H3,(H,20,24)(H,22,23). The van der Waals surface area contributed by atoms with Gasteiger partial charge >= 0.3 is 5.97 Å². The zero-order chi connectivity index (χ0) is 19.9. The number of fused-ring (bicyclic) bond motifs is 1. The van der Waals surface area contributed by atoms with Crippen molar-refractivity contribution in [1.29, 1.82) is 0 Å². The Morgan fingerprint density at radius 1 is 1.19 bits per heavy atom. The van der Waals surface area contributed by atoms with Gasteiger partial charge in [-0.25, -0.2) is 8.42 Å². The molecule has 0 aliphatic carbocycles. The molecule has 27 heavy (non-hydrogen) atoms. The van der Waals surface area contributed by atoms with Crippen LogP contribution in [-0.4, -0.2) is 31.4 Å². The summed E-state index contributed by atoms with van der Waals surface area (Å²) in [4.78, 5) is 23.7. The summed E-state index contributed by atoms with van der Waals surface area (Å²) in [6, 6.07) is 7.80. The molecule has 1 aliphatic heterocycles. The molecular formula is C18H17ClN2O5S. The number of aliphatic carboxylic acids is 1. The number of para-hydroxylation sites is 2. The summed E-state index contributed by atoms with van der Waals surface area (Å²) in [7, 11) is -4.22. The Labute approximate surface area is 161 Å². The van der Waals surface area contributed by atoms with Crippen LogP contribution in [0.15, 0.2) is 41.3 Å². The molecule has 1 aliphatic rings. The molecule has 1 unspecified atom stereocenters. The molecule has 7 nitrogen and oxygen atoms in total. The maximum Gasteiger partial charge on any atom is 0.306 e.